The average Bonchev–Trinajstić information content (AvgIpc) is 2.95. The molecule has 40 heavy (non-hydrogen) atoms. The van der Waals surface area contributed by atoms with Crippen molar-refractivity contribution >= 4 is 23.2 Å². The van der Waals surface area contributed by atoms with Gasteiger partial charge in [-0.3, -0.25) is 9.59 Å². The predicted molar refractivity (Wildman–Crippen MR) is 161 cm³/mol. The van der Waals surface area contributed by atoms with E-state index in [2.05, 4.69) is 77.6 Å². The van der Waals surface area contributed by atoms with Gasteiger partial charge in [0.1, 0.15) is 0 Å². The van der Waals surface area contributed by atoms with Gasteiger partial charge in [-0.05, 0) is 48.7 Å². The predicted octanol–water partition coefficient (Wildman–Crippen LogP) is 5.34. The second kappa shape index (κ2) is 12.5. The Morgan fingerprint density at radius 3 is 1.98 bits per heavy atom. The molecule has 4 aromatic rings. The van der Waals surface area contributed by atoms with Crippen molar-refractivity contribution in [1.82, 2.24) is 10.6 Å². The molecule has 6 heteroatoms. The minimum atomic E-state index is -0.330. The molecular formula is C34H36N4O2. The fourth-order valence-corrected chi connectivity index (χ4v) is 5.23. The Kier molecular flexibility index (Phi) is 8.45. The van der Waals surface area contributed by atoms with Gasteiger partial charge >= 0.3 is 0 Å². The molecule has 0 fully saturated rings. The highest BCUT2D eigenvalue weighted by Crippen LogP contribution is 2.36. The lowest BCUT2D eigenvalue weighted by Crippen LogP contribution is -2.58. The van der Waals surface area contributed by atoms with Crippen LogP contribution >= 0.6 is 0 Å². The Balaban J connectivity index is 1.42. The molecule has 204 valence electrons. The van der Waals surface area contributed by atoms with E-state index in [-0.39, 0.29) is 36.4 Å². The molecule has 0 saturated heterocycles. The normalized spacial score (nSPS) is 17.7. The van der Waals surface area contributed by atoms with E-state index in [9.17, 15) is 9.59 Å². The molecule has 4 N–H and O–H groups in total. The molecule has 1 aliphatic rings. The lowest BCUT2D eigenvalue weighted by Gasteiger charge is -2.42. The molecule has 0 aliphatic carbocycles. The third kappa shape index (κ3) is 6.89. The zero-order valence-corrected chi connectivity index (χ0v) is 23.0. The van der Waals surface area contributed by atoms with Crippen molar-refractivity contribution in [3.05, 3.63) is 131 Å². The monoisotopic (exact) mass is 532 g/mol. The van der Waals surface area contributed by atoms with E-state index in [1.807, 2.05) is 60.7 Å². The van der Waals surface area contributed by atoms with Crippen LogP contribution in [0.3, 0.4) is 0 Å². The summed E-state index contributed by atoms with van der Waals surface area (Å²) in [6.45, 7) is 4.50. The van der Waals surface area contributed by atoms with Crippen LogP contribution in [0.1, 0.15) is 33.9 Å². The smallest absolute Gasteiger partial charge is 0.224 e. The van der Waals surface area contributed by atoms with Crippen molar-refractivity contribution in [3.8, 4) is 0 Å². The molecule has 0 saturated carbocycles. The summed E-state index contributed by atoms with van der Waals surface area (Å²) in [7, 11) is 0. The summed E-state index contributed by atoms with van der Waals surface area (Å²) in [5.74, 6) is -0.120. The maximum Gasteiger partial charge on any atom is 0.224 e. The Labute approximate surface area is 236 Å². The summed E-state index contributed by atoms with van der Waals surface area (Å²) in [6, 6.07) is 33.3. The number of amides is 2. The number of hydrogen-bond acceptors (Lipinski definition) is 4. The van der Waals surface area contributed by atoms with Gasteiger partial charge < -0.3 is 21.3 Å². The third-order valence-electron chi connectivity index (χ3n) is 7.31. The van der Waals surface area contributed by atoms with E-state index in [0.717, 1.165) is 33.6 Å². The largest absolute Gasteiger partial charge is 0.378 e. The van der Waals surface area contributed by atoms with Crippen LogP contribution in [0.4, 0.5) is 11.4 Å². The Hall–Kier alpha value is -4.58. The van der Waals surface area contributed by atoms with Gasteiger partial charge in [0, 0.05) is 17.9 Å². The Bertz CT molecular complexity index is 1440. The summed E-state index contributed by atoms with van der Waals surface area (Å²) in [5, 5.41) is 13.7. The van der Waals surface area contributed by atoms with Crippen molar-refractivity contribution in [1.29, 1.82) is 0 Å². The maximum absolute atomic E-state index is 13.4. The number of anilines is 2. The summed E-state index contributed by atoms with van der Waals surface area (Å²) in [6.07, 6.45) is 0.585. The van der Waals surface area contributed by atoms with Crippen molar-refractivity contribution in [3.63, 3.8) is 0 Å². The molecule has 0 aromatic heterocycles. The Morgan fingerprint density at radius 1 is 0.725 bits per heavy atom. The quantitative estimate of drug-likeness (QED) is 0.235. The first-order chi connectivity index (χ1) is 19.4. The SMILES string of the molecule is Cc1ccc(NC2c3cc(C)ccc3NC(CNC(=O)Cc3ccccc3)C2NC(=O)Cc2ccccc2)cc1. The molecule has 4 aromatic carbocycles. The van der Waals surface area contributed by atoms with E-state index in [1.165, 1.54) is 5.56 Å². The van der Waals surface area contributed by atoms with Crippen molar-refractivity contribution in [2.45, 2.75) is 44.8 Å². The molecule has 6 nitrogen and oxygen atoms in total. The second-order valence-corrected chi connectivity index (χ2v) is 10.6. The van der Waals surface area contributed by atoms with E-state index in [4.69, 9.17) is 0 Å². The fraction of sp³-hybridized carbons (Fsp3) is 0.235. The maximum atomic E-state index is 13.4. The molecule has 0 spiro atoms. The first-order valence-electron chi connectivity index (χ1n) is 13.8. The van der Waals surface area contributed by atoms with Gasteiger partial charge in [0.15, 0.2) is 0 Å². The molecule has 1 aliphatic heterocycles. The van der Waals surface area contributed by atoms with E-state index in [0.29, 0.717) is 13.0 Å². The molecule has 1 heterocycles. The number of rotatable bonds is 9. The number of carbonyl (C=O) groups excluding carboxylic acids is 2. The topological polar surface area (TPSA) is 82.3 Å². The summed E-state index contributed by atoms with van der Waals surface area (Å²) in [5.41, 5.74) is 7.28. The van der Waals surface area contributed by atoms with E-state index < -0.39 is 0 Å². The third-order valence-corrected chi connectivity index (χ3v) is 7.31. The molecule has 2 amide bonds. The number of nitrogens with one attached hydrogen (secondary N) is 4. The number of carbonyl (C=O) groups is 2. The van der Waals surface area contributed by atoms with Gasteiger partial charge in [-0.15, -0.1) is 0 Å². The van der Waals surface area contributed by atoms with Gasteiger partial charge in [0.05, 0.1) is 31.0 Å². The van der Waals surface area contributed by atoms with Crippen molar-refractivity contribution in [2.75, 3.05) is 17.2 Å². The van der Waals surface area contributed by atoms with Gasteiger partial charge in [-0.1, -0.05) is 96.1 Å². The molecule has 3 atom stereocenters. The second-order valence-electron chi connectivity index (χ2n) is 10.6. The fourth-order valence-electron chi connectivity index (χ4n) is 5.23. The summed E-state index contributed by atoms with van der Waals surface area (Å²) in [4.78, 5) is 26.3. The number of fused-ring (bicyclic) bond motifs is 1. The van der Waals surface area contributed by atoms with Crippen LogP contribution < -0.4 is 21.3 Å². The minimum Gasteiger partial charge on any atom is -0.378 e. The van der Waals surface area contributed by atoms with E-state index in [1.54, 1.807) is 0 Å². The highest BCUT2D eigenvalue weighted by Gasteiger charge is 2.38. The van der Waals surface area contributed by atoms with Crippen LogP contribution in [0.25, 0.3) is 0 Å². The van der Waals surface area contributed by atoms with Gasteiger partial charge in [-0.25, -0.2) is 0 Å². The zero-order chi connectivity index (χ0) is 27.9. The Morgan fingerprint density at radius 2 is 1.32 bits per heavy atom. The van der Waals surface area contributed by atoms with Crippen LogP contribution in [0, 0.1) is 13.8 Å². The standard InChI is InChI=1S/C34H36N4O2/c1-23-13-16-27(17-14-23)36-33-28-19-24(2)15-18-29(28)37-30(22-35-31(39)20-25-9-5-3-6-10-25)34(33)38-32(40)21-26-11-7-4-8-12-26/h3-19,30,33-34,36-37H,20-22H2,1-2H3,(H,35,39)(H,38,40). The van der Waals surface area contributed by atoms with Crippen LogP contribution in [-0.2, 0) is 22.4 Å². The zero-order valence-electron chi connectivity index (χ0n) is 23.0. The average molecular weight is 533 g/mol. The summed E-state index contributed by atoms with van der Waals surface area (Å²) < 4.78 is 0. The molecule has 3 unspecified atom stereocenters. The van der Waals surface area contributed by atoms with Crippen LogP contribution in [0.15, 0.2) is 103 Å². The summed E-state index contributed by atoms with van der Waals surface area (Å²) >= 11 is 0. The van der Waals surface area contributed by atoms with Gasteiger partial charge in [0.2, 0.25) is 11.8 Å². The van der Waals surface area contributed by atoms with Crippen LogP contribution in [-0.4, -0.2) is 30.4 Å². The highest BCUT2D eigenvalue weighted by atomic mass is 16.2. The number of aryl methyl sites for hydroxylation is 2. The number of benzene rings is 4. The van der Waals surface area contributed by atoms with Gasteiger partial charge in [0.25, 0.3) is 0 Å². The molecule has 5 rings (SSSR count). The minimum absolute atomic E-state index is 0.0555. The van der Waals surface area contributed by atoms with Crippen molar-refractivity contribution < 1.29 is 9.59 Å². The lowest BCUT2D eigenvalue weighted by atomic mass is 9.86. The van der Waals surface area contributed by atoms with E-state index >= 15 is 0 Å². The first-order valence-corrected chi connectivity index (χ1v) is 13.8. The molecule has 0 radical (unpaired) electrons. The molecular weight excluding hydrogens is 496 g/mol. The number of hydrogen-bond donors (Lipinski definition) is 4. The lowest BCUT2D eigenvalue weighted by molar-refractivity contribution is -0.121. The first kappa shape index (κ1) is 27.0. The van der Waals surface area contributed by atoms with Crippen LogP contribution in [0.5, 0.6) is 0 Å². The van der Waals surface area contributed by atoms with Crippen LogP contribution in [0.2, 0.25) is 0 Å². The molecule has 0 bridgehead atoms. The van der Waals surface area contributed by atoms with Gasteiger partial charge in [-0.2, -0.15) is 0 Å². The highest BCUT2D eigenvalue weighted by molar-refractivity contribution is 5.80. The van der Waals surface area contributed by atoms with Crippen molar-refractivity contribution in [2.24, 2.45) is 0 Å².